The maximum Gasteiger partial charge on any atom is 0.336 e. The highest BCUT2D eigenvalue weighted by atomic mass is 32.2. The van der Waals surface area contributed by atoms with Crippen molar-refractivity contribution in [1.82, 2.24) is 0 Å². The summed E-state index contributed by atoms with van der Waals surface area (Å²) in [5.74, 6) is -1.42. The molecule has 0 amide bonds. The number of carboxylic acids is 2. The van der Waals surface area contributed by atoms with Crippen molar-refractivity contribution in [2.45, 2.75) is 16.2 Å². The zero-order chi connectivity index (χ0) is 16.1. The summed E-state index contributed by atoms with van der Waals surface area (Å²) in [6, 6.07) is 11.9. The zero-order valence-electron chi connectivity index (χ0n) is 11.8. The van der Waals surface area contributed by atoms with Crippen molar-refractivity contribution in [3.63, 3.8) is 0 Å². The summed E-state index contributed by atoms with van der Waals surface area (Å²) in [7, 11) is 1.48. The molecule has 2 aromatic carbocycles. The first-order valence-corrected chi connectivity index (χ1v) is 7.21. The molecule has 0 saturated heterocycles. The van der Waals surface area contributed by atoms with Crippen molar-refractivity contribution in [1.29, 1.82) is 0 Å². The highest BCUT2D eigenvalue weighted by Crippen LogP contribution is 2.32. The third kappa shape index (κ3) is 4.02. The second-order valence-corrected chi connectivity index (χ2v) is 5.60. The Morgan fingerprint density at radius 1 is 1.09 bits per heavy atom. The van der Waals surface area contributed by atoms with Crippen LogP contribution in [0.15, 0.2) is 52.3 Å². The van der Waals surface area contributed by atoms with Crippen LogP contribution in [0.25, 0.3) is 0 Å². The first-order valence-electron chi connectivity index (χ1n) is 6.39. The number of ether oxygens (including phenoxy) is 1. The molecule has 2 rings (SSSR count). The van der Waals surface area contributed by atoms with Crippen LogP contribution in [0.4, 0.5) is 0 Å². The molecule has 0 spiro atoms. The largest absolute Gasteiger partial charge is 0.497 e. The molecule has 0 atom stereocenters. The van der Waals surface area contributed by atoms with E-state index in [9.17, 15) is 14.7 Å². The Morgan fingerprint density at radius 3 is 2.32 bits per heavy atom. The maximum atomic E-state index is 11.3. The molecule has 0 heterocycles. The molecule has 114 valence electrons. The molecule has 0 bridgehead atoms. The smallest absolute Gasteiger partial charge is 0.336 e. The van der Waals surface area contributed by atoms with E-state index in [1.807, 2.05) is 0 Å². The van der Waals surface area contributed by atoms with E-state index in [0.717, 1.165) is 4.90 Å². The number of hydrogen-bond donors (Lipinski definition) is 2. The van der Waals surface area contributed by atoms with Gasteiger partial charge in [-0.3, -0.25) is 4.79 Å². The Hall–Kier alpha value is -2.47. The molecule has 6 heteroatoms. The quantitative estimate of drug-likeness (QED) is 0.851. The number of aliphatic carboxylic acids is 1. The average molecular weight is 318 g/mol. The van der Waals surface area contributed by atoms with Crippen LogP contribution in [0.5, 0.6) is 5.75 Å². The number of carboxylic acid groups (broad SMARTS) is 2. The highest BCUT2D eigenvalue weighted by molar-refractivity contribution is 7.99. The van der Waals surface area contributed by atoms with Gasteiger partial charge in [-0.05, 0) is 35.9 Å². The molecular weight excluding hydrogens is 304 g/mol. The molecule has 0 aliphatic heterocycles. The molecular formula is C16H14O5S. The first-order chi connectivity index (χ1) is 10.5. The van der Waals surface area contributed by atoms with E-state index in [4.69, 9.17) is 9.84 Å². The van der Waals surface area contributed by atoms with Crippen molar-refractivity contribution >= 4 is 23.7 Å². The van der Waals surface area contributed by atoms with Crippen LogP contribution >= 0.6 is 11.8 Å². The van der Waals surface area contributed by atoms with E-state index < -0.39 is 11.9 Å². The van der Waals surface area contributed by atoms with Gasteiger partial charge in [0, 0.05) is 9.79 Å². The molecule has 0 aromatic heterocycles. The monoisotopic (exact) mass is 318 g/mol. The molecule has 22 heavy (non-hydrogen) atoms. The van der Waals surface area contributed by atoms with E-state index in [0.29, 0.717) is 16.2 Å². The zero-order valence-corrected chi connectivity index (χ0v) is 12.6. The number of benzene rings is 2. The van der Waals surface area contributed by atoms with Crippen molar-refractivity contribution in [2.24, 2.45) is 0 Å². The fourth-order valence-corrected chi connectivity index (χ4v) is 2.79. The van der Waals surface area contributed by atoms with Gasteiger partial charge in [0.15, 0.2) is 0 Å². The lowest BCUT2D eigenvalue weighted by atomic mass is 10.2. The van der Waals surface area contributed by atoms with Gasteiger partial charge in [0.25, 0.3) is 0 Å². The standard InChI is InChI=1S/C16H14O5S/c1-21-11-4-7-14(13(9-11)16(19)20)22-12-5-2-10(3-6-12)8-15(17)18/h2-7,9H,8H2,1H3,(H,17,18)(H,19,20). The molecule has 2 aromatic rings. The molecule has 0 unspecified atom stereocenters. The topological polar surface area (TPSA) is 83.8 Å². The Kier molecular flexibility index (Phi) is 5.06. The van der Waals surface area contributed by atoms with Crippen LogP contribution in [-0.4, -0.2) is 29.3 Å². The fourth-order valence-electron chi connectivity index (χ4n) is 1.87. The van der Waals surface area contributed by atoms with Gasteiger partial charge in [-0.15, -0.1) is 0 Å². The predicted molar refractivity (Wildman–Crippen MR) is 81.9 cm³/mol. The lowest BCUT2D eigenvalue weighted by molar-refractivity contribution is -0.136. The Morgan fingerprint density at radius 2 is 1.77 bits per heavy atom. The van der Waals surface area contributed by atoms with E-state index in [1.165, 1.54) is 24.9 Å². The maximum absolute atomic E-state index is 11.3. The minimum absolute atomic E-state index is 0.0339. The number of rotatable bonds is 6. The van der Waals surface area contributed by atoms with Gasteiger partial charge in [0.1, 0.15) is 5.75 Å². The minimum Gasteiger partial charge on any atom is -0.497 e. The van der Waals surface area contributed by atoms with Crippen molar-refractivity contribution < 1.29 is 24.5 Å². The Labute approximate surface area is 131 Å². The number of methoxy groups -OCH3 is 1. The third-order valence-corrected chi connectivity index (χ3v) is 4.01. The second kappa shape index (κ2) is 7.00. The SMILES string of the molecule is COc1ccc(Sc2ccc(CC(=O)O)cc2)c(C(=O)O)c1. The molecule has 0 radical (unpaired) electrons. The Balaban J connectivity index is 2.23. The van der Waals surface area contributed by atoms with E-state index in [2.05, 4.69) is 0 Å². The van der Waals surface area contributed by atoms with Crippen LogP contribution in [0.3, 0.4) is 0 Å². The van der Waals surface area contributed by atoms with Crippen LogP contribution in [0.1, 0.15) is 15.9 Å². The number of hydrogen-bond acceptors (Lipinski definition) is 4. The van der Waals surface area contributed by atoms with Crippen LogP contribution < -0.4 is 4.74 Å². The molecule has 5 nitrogen and oxygen atoms in total. The van der Waals surface area contributed by atoms with Gasteiger partial charge in [-0.1, -0.05) is 23.9 Å². The third-order valence-electron chi connectivity index (χ3n) is 2.92. The fraction of sp³-hybridized carbons (Fsp3) is 0.125. The first kappa shape index (κ1) is 15.9. The molecule has 2 N–H and O–H groups in total. The summed E-state index contributed by atoms with van der Waals surface area (Å²) in [5.41, 5.74) is 0.865. The van der Waals surface area contributed by atoms with Gasteiger partial charge in [-0.2, -0.15) is 0 Å². The minimum atomic E-state index is -1.02. The van der Waals surface area contributed by atoms with E-state index in [1.54, 1.807) is 36.4 Å². The van der Waals surface area contributed by atoms with Crippen LogP contribution in [0, 0.1) is 0 Å². The summed E-state index contributed by atoms with van der Waals surface area (Å²) in [5, 5.41) is 18.0. The van der Waals surface area contributed by atoms with Crippen LogP contribution in [0.2, 0.25) is 0 Å². The number of aromatic carboxylic acids is 1. The van der Waals surface area contributed by atoms with Gasteiger partial charge in [0.05, 0.1) is 19.1 Å². The summed E-state index contributed by atoms with van der Waals surface area (Å²) >= 11 is 1.31. The van der Waals surface area contributed by atoms with Gasteiger partial charge in [-0.25, -0.2) is 4.79 Å². The lowest BCUT2D eigenvalue weighted by Crippen LogP contribution is -2.00. The van der Waals surface area contributed by atoms with Gasteiger partial charge in [0.2, 0.25) is 0 Å². The summed E-state index contributed by atoms with van der Waals surface area (Å²) in [4.78, 5) is 23.4. The summed E-state index contributed by atoms with van der Waals surface area (Å²) < 4.78 is 5.03. The molecule has 0 aliphatic rings. The predicted octanol–water partition coefficient (Wildman–Crippen LogP) is 3.17. The average Bonchev–Trinajstić information content (AvgIpc) is 2.49. The summed E-state index contributed by atoms with van der Waals surface area (Å²) in [6.45, 7) is 0. The van der Waals surface area contributed by atoms with Gasteiger partial charge >= 0.3 is 11.9 Å². The summed E-state index contributed by atoms with van der Waals surface area (Å²) in [6.07, 6.45) is -0.0339. The van der Waals surface area contributed by atoms with E-state index >= 15 is 0 Å². The van der Waals surface area contributed by atoms with Gasteiger partial charge < -0.3 is 14.9 Å². The van der Waals surface area contributed by atoms with Crippen LogP contribution in [-0.2, 0) is 11.2 Å². The second-order valence-electron chi connectivity index (χ2n) is 4.48. The van der Waals surface area contributed by atoms with Crippen molar-refractivity contribution in [2.75, 3.05) is 7.11 Å². The Bertz CT molecular complexity index is 694. The van der Waals surface area contributed by atoms with Crippen molar-refractivity contribution in [3.8, 4) is 5.75 Å². The van der Waals surface area contributed by atoms with Crippen molar-refractivity contribution in [3.05, 3.63) is 53.6 Å². The molecule has 0 fully saturated rings. The number of carbonyl (C=O) groups is 2. The lowest BCUT2D eigenvalue weighted by Gasteiger charge is -2.08. The molecule has 0 aliphatic carbocycles. The normalized spacial score (nSPS) is 10.2. The highest BCUT2D eigenvalue weighted by Gasteiger charge is 2.13. The van der Waals surface area contributed by atoms with E-state index in [-0.39, 0.29) is 12.0 Å². The molecule has 0 saturated carbocycles.